The summed E-state index contributed by atoms with van der Waals surface area (Å²) >= 11 is 0. The topological polar surface area (TPSA) is 93.6 Å². The molecule has 3 amide bonds. The number of fused-ring (bicyclic) bond motifs is 1. The van der Waals surface area contributed by atoms with Gasteiger partial charge in [0.2, 0.25) is 11.8 Å². The number of benzene rings is 1. The second-order valence-electron chi connectivity index (χ2n) is 11.7. The molecule has 6 atom stereocenters. The average Bonchev–Trinajstić information content (AvgIpc) is 3.60. The van der Waals surface area contributed by atoms with Gasteiger partial charge in [0.1, 0.15) is 11.6 Å². The van der Waals surface area contributed by atoms with Crippen molar-refractivity contribution in [1.29, 1.82) is 0 Å². The Hall–Kier alpha value is -3.17. The summed E-state index contributed by atoms with van der Waals surface area (Å²) < 4.78 is 6.60. The van der Waals surface area contributed by atoms with Gasteiger partial charge >= 0.3 is 0 Å². The largest absolute Gasteiger partial charge is 0.394 e. The molecule has 0 saturated carbocycles. The lowest BCUT2D eigenvalue weighted by Gasteiger charge is -2.40. The maximum atomic E-state index is 14.7. The Morgan fingerprint density at radius 3 is 2.24 bits per heavy atom. The van der Waals surface area contributed by atoms with Crippen LogP contribution in [0.4, 0.5) is 11.4 Å². The van der Waals surface area contributed by atoms with Gasteiger partial charge in [-0.3, -0.25) is 14.4 Å². The molecule has 3 aliphatic rings. The second kappa shape index (κ2) is 12.4. The van der Waals surface area contributed by atoms with Crippen molar-refractivity contribution in [3.05, 3.63) is 49.6 Å². The molecule has 2 unspecified atom stereocenters. The zero-order valence-corrected chi connectivity index (χ0v) is 25.2. The molecular formula is C32H46N4O5. The lowest BCUT2D eigenvalue weighted by molar-refractivity contribution is -0.147. The molecule has 1 aromatic rings. The summed E-state index contributed by atoms with van der Waals surface area (Å²) in [5.74, 6) is -2.36. The molecule has 41 heavy (non-hydrogen) atoms. The first-order valence-electron chi connectivity index (χ1n) is 14.9. The number of carbonyl (C=O) groups excluding carboxylic acids is 3. The van der Waals surface area contributed by atoms with Gasteiger partial charge in [0.15, 0.2) is 0 Å². The molecule has 0 aromatic heterocycles. The molecular weight excluding hydrogens is 520 g/mol. The number of hydrogen-bond donors (Lipinski definition) is 1. The van der Waals surface area contributed by atoms with Gasteiger partial charge in [-0.15, -0.1) is 13.2 Å². The van der Waals surface area contributed by atoms with Gasteiger partial charge in [-0.1, -0.05) is 26.0 Å². The summed E-state index contributed by atoms with van der Waals surface area (Å²) in [6.07, 6.45) is 3.96. The van der Waals surface area contributed by atoms with E-state index in [9.17, 15) is 19.5 Å². The first-order valence-corrected chi connectivity index (χ1v) is 14.9. The molecule has 224 valence electrons. The Morgan fingerprint density at radius 1 is 1.10 bits per heavy atom. The highest BCUT2D eigenvalue weighted by Gasteiger charge is 2.75. The first-order chi connectivity index (χ1) is 19.6. The smallest absolute Gasteiger partial charge is 0.253 e. The van der Waals surface area contributed by atoms with Crippen LogP contribution in [0.1, 0.15) is 40.5 Å². The number of likely N-dealkylation sites (tertiary alicyclic amines) is 1. The van der Waals surface area contributed by atoms with Gasteiger partial charge in [-0.05, 0) is 56.9 Å². The molecule has 3 saturated heterocycles. The van der Waals surface area contributed by atoms with Crippen LogP contribution < -0.4 is 9.80 Å². The van der Waals surface area contributed by atoms with Crippen LogP contribution in [0.2, 0.25) is 0 Å². The Morgan fingerprint density at radius 2 is 1.71 bits per heavy atom. The monoisotopic (exact) mass is 566 g/mol. The Labute approximate surface area is 244 Å². The van der Waals surface area contributed by atoms with Crippen LogP contribution in [0.15, 0.2) is 49.6 Å². The average molecular weight is 567 g/mol. The summed E-state index contributed by atoms with van der Waals surface area (Å²) in [6, 6.07) is 6.25. The number of nitrogens with zero attached hydrogens (tertiary/aromatic N) is 4. The van der Waals surface area contributed by atoms with E-state index in [2.05, 4.69) is 31.9 Å². The van der Waals surface area contributed by atoms with Crippen molar-refractivity contribution in [2.75, 3.05) is 49.6 Å². The van der Waals surface area contributed by atoms with Crippen molar-refractivity contribution in [2.45, 2.75) is 64.3 Å². The van der Waals surface area contributed by atoms with E-state index in [0.717, 1.165) is 18.8 Å². The maximum absolute atomic E-state index is 14.7. The van der Waals surface area contributed by atoms with Gasteiger partial charge in [0, 0.05) is 44.6 Å². The molecule has 3 heterocycles. The van der Waals surface area contributed by atoms with Crippen LogP contribution >= 0.6 is 0 Å². The van der Waals surface area contributed by atoms with Gasteiger partial charge in [0.05, 0.1) is 30.6 Å². The fraction of sp³-hybridized carbons (Fsp3) is 0.594. The van der Waals surface area contributed by atoms with Crippen molar-refractivity contribution in [3.8, 4) is 0 Å². The van der Waals surface area contributed by atoms with E-state index < -0.39 is 35.6 Å². The Kier molecular flexibility index (Phi) is 9.29. The van der Waals surface area contributed by atoms with Crippen molar-refractivity contribution in [3.63, 3.8) is 0 Å². The van der Waals surface area contributed by atoms with Crippen LogP contribution in [0, 0.1) is 17.8 Å². The summed E-state index contributed by atoms with van der Waals surface area (Å²) in [5.41, 5.74) is 0.606. The minimum absolute atomic E-state index is 0.120. The van der Waals surface area contributed by atoms with Crippen molar-refractivity contribution >= 4 is 29.1 Å². The molecule has 2 bridgehead atoms. The number of anilines is 2. The van der Waals surface area contributed by atoms with E-state index in [-0.39, 0.29) is 36.8 Å². The zero-order chi connectivity index (χ0) is 30.1. The summed E-state index contributed by atoms with van der Waals surface area (Å²) in [5, 5.41) is 10.5. The highest BCUT2D eigenvalue weighted by Crippen LogP contribution is 2.59. The number of carbonyl (C=O) groups is 3. The normalized spacial score (nSPS) is 27.1. The lowest BCUT2D eigenvalue weighted by atomic mass is 9.70. The van der Waals surface area contributed by atoms with Gasteiger partial charge in [0.25, 0.3) is 5.91 Å². The van der Waals surface area contributed by atoms with E-state index in [1.54, 1.807) is 33.9 Å². The van der Waals surface area contributed by atoms with Gasteiger partial charge in [-0.2, -0.15) is 0 Å². The molecule has 1 spiro atoms. The fourth-order valence-electron chi connectivity index (χ4n) is 7.20. The van der Waals surface area contributed by atoms with E-state index in [1.807, 2.05) is 38.1 Å². The standard InChI is InChI=1S/C32H46N4O5/c1-8-18-33(7)29(38)26-25-16-17-32(41-25)27(26)30(39)36(24(20-37)21(5)6)28(32)31(40)35(19-9-2)23-14-12-22(13-15-23)34(10-3)11-4/h8-9,12-15,21,24-28,37H,1-2,10-11,16-20H2,3-7H3/t24-,25-,26+,27-,28?,32?/m0/s1. The third-order valence-electron chi connectivity index (χ3n) is 9.22. The fourth-order valence-corrected chi connectivity index (χ4v) is 7.20. The van der Waals surface area contributed by atoms with E-state index in [4.69, 9.17) is 4.74 Å². The summed E-state index contributed by atoms with van der Waals surface area (Å²) in [6.45, 7) is 17.7. The summed E-state index contributed by atoms with van der Waals surface area (Å²) in [4.78, 5) is 49.7. The van der Waals surface area contributed by atoms with Gasteiger partial charge in [-0.25, -0.2) is 0 Å². The zero-order valence-electron chi connectivity index (χ0n) is 25.2. The molecule has 9 heteroatoms. The van der Waals surface area contributed by atoms with E-state index >= 15 is 0 Å². The number of likely N-dealkylation sites (N-methyl/N-ethyl adjacent to an activating group) is 1. The van der Waals surface area contributed by atoms with Crippen molar-refractivity contribution < 1.29 is 24.2 Å². The molecule has 1 aromatic carbocycles. The Balaban J connectivity index is 1.79. The lowest BCUT2D eigenvalue weighted by Crippen LogP contribution is -2.59. The summed E-state index contributed by atoms with van der Waals surface area (Å²) in [7, 11) is 1.70. The number of rotatable bonds is 13. The van der Waals surface area contributed by atoms with Gasteiger partial charge < -0.3 is 29.4 Å². The number of aliphatic hydroxyl groups excluding tert-OH is 1. The predicted octanol–water partition coefficient (Wildman–Crippen LogP) is 3.09. The molecule has 1 N–H and O–H groups in total. The van der Waals surface area contributed by atoms with Crippen LogP contribution in [0.3, 0.4) is 0 Å². The highest BCUT2D eigenvalue weighted by molar-refractivity contribution is 6.05. The van der Waals surface area contributed by atoms with Crippen LogP contribution in [-0.4, -0.2) is 96.3 Å². The van der Waals surface area contributed by atoms with Crippen LogP contribution in [0.25, 0.3) is 0 Å². The molecule has 4 rings (SSSR count). The van der Waals surface area contributed by atoms with E-state index in [1.165, 1.54) is 0 Å². The third-order valence-corrected chi connectivity index (χ3v) is 9.22. The highest BCUT2D eigenvalue weighted by atomic mass is 16.5. The number of amides is 3. The van der Waals surface area contributed by atoms with E-state index in [0.29, 0.717) is 25.1 Å². The van der Waals surface area contributed by atoms with Crippen molar-refractivity contribution in [2.24, 2.45) is 17.8 Å². The van der Waals surface area contributed by atoms with Crippen LogP contribution in [0.5, 0.6) is 0 Å². The third kappa shape index (κ3) is 5.07. The Bertz CT molecular complexity index is 1150. The predicted molar refractivity (Wildman–Crippen MR) is 161 cm³/mol. The number of hydrogen-bond acceptors (Lipinski definition) is 6. The second-order valence-corrected chi connectivity index (χ2v) is 11.7. The molecule has 3 aliphatic heterocycles. The number of ether oxygens (including phenoxy) is 1. The maximum Gasteiger partial charge on any atom is 0.253 e. The molecule has 0 aliphatic carbocycles. The number of aliphatic hydroxyl groups is 1. The first kappa shape index (κ1) is 30.8. The molecule has 0 radical (unpaired) electrons. The minimum Gasteiger partial charge on any atom is -0.394 e. The quantitative estimate of drug-likeness (QED) is 0.369. The minimum atomic E-state index is -1.14. The van der Waals surface area contributed by atoms with Crippen LogP contribution in [-0.2, 0) is 19.1 Å². The molecule has 3 fully saturated rings. The SMILES string of the molecule is C=CCN(C)C(=O)[C@@H]1[C@@H]2CCC3(O2)C(C(=O)N(CC=C)c2ccc(N(CC)CC)cc2)N([C@@H](CO)C(C)C)C(=O)[C@H]13. The molecule has 9 nitrogen and oxygen atoms in total. The van der Waals surface area contributed by atoms with Crippen molar-refractivity contribution in [1.82, 2.24) is 9.80 Å².